The summed E-state index contributed by atoms with van der Waals surface area (Å²) in [4.78, 5) is 11.6. The molecule has 0 unspecified atom stereocenters. The topological polar surface area (TPSA) is 97.9 Å². The lowest BCUT2D eigenvalue weighted by Crippen LogP contribution is -2.18. The first-order valence-corrected chi connectivity index (χ1v) is 6.30. The van der Waals surface area contributed by atoms with Crippen LogP contribution in [0.1, 0.15) is 16.2 Å². The van der Waals surface area contributed by atoms with E-state index in [0.717, 1.165) is 17.9 Å². The van der Waals surface area contributed by atoms with Crippen LogP contribution in [0.4, 0.5) is 11.4 Å². The Kier molecular flexibility index (Phi) is 4.19. The Labute approximate surface area is 117 Å². The first-order chi connectivity index (χ1) is 9.61. The number of hydrogen-bond donors (Lipinski definition) is 3. The smallest absolute Gasteiger partial charge is 0.251 e. The van der Waals surface area contributed by atoms with Crippen molar-refractivity contribution < 1.29 is 4.79 Å². The van der Waals surface area contributed by atoms with Gasteiger partial charge in [0.1, 0.15) is 12.2 Å². The van der Waals surface area contributed by atoms with E-state index >= 15 is 0 Å². The van der Waals surface area contributed by atoms with Crippen molar-refractivity contribution >= 4 is 17.3 Å². The third-order valence-corrected chi connectivity index (χ3v) is 3.01. The summed E-state index contributed by atoms with van der Waals surface area (Å²) in [7, 11) is 3.50. The molecule has 2 rings (SSSR count). The molecule has 7 heteroatoms. The second-order valence-electron chi connectivity index (χ2n) is 4.42. The summed E-state index contributed by atoms with van der Waals surface area (Å²) >= 11 is 0. The lowest BCUT2D eigenvalue weighted by Gasteiger charge is -2.10. The van der Waals surface area contributed by atoms with Crippen LogP contribution in [-0.2, 0) is 13.5 Å². The normalized spacial score (nSPS) is 10.3. The van der Waals surface area contributed by atoms with Crippen molar-refractivity contribution in [1.29, 1.82) is 0 Å². The number of nitrogen functional groups attached to an aromatic ring is 1. The van der Waals surface area contributed by atoms with Crippen LogP contribution < -0.4 is 16.4 Å². The zero-order valence-electron chi connectivity index (χ0n) is 11.6. The summed E-state index contributed by atoms with van der Waals surface area (Å²) in [6, 6.07) is 5.15. The second kappa shape index (κ2) is 6.05. The summed E-state index contributed by atoms with van der Waals surface area (Å²) in [5.74, 6) is 0.750. The van der Waals surface area contributed by atoms with E-state index in [-0.39, 0.29) is 5.91 Å². The largest absolute Gasteiger partial charge is 0.397 e. The predicted molar refractivity (Wildman–Crippen MR) is 77.4 cm³/mol. The molecule has 1 aromatic heterocycles. The van der Waals surface area contributed by atoms with E-state index in [9.17, 15) is 4.79 Å². The van der Waals surface area contributed by atoms with Crippen molar-refractivity contribution in [2.24, 2.45) is 7.05 Å². The van der Waals surface area contributed by atoms with Crippen molar-refractivity contribution in [3.05, 3.63) is 35.9 Å². The SMILES string of the molecule is CNC(=O)c1ccc(N)c(NCCc2nncn2C)c1. The second-order valence-corrected chi connectivity index (χ2v) is 4.42. The number of anilines is 2. The monoisotopic (exact) mass is 274 g/mol. The molecule has 1 heterocycles. The lowest BCUT2D eigenvalue weighted by atomic mass is 10.1. The Bertz CT molecular complexity index is 607. The lowest BCUT2D eigenvalue weighted by molar-refractivity contribution is 0.0963. The number of rotatable bonds is 5. The van der Waals surface area contributed by atoms with Gasteiger partial charge in [-0.05, 0) is 18.2 Å². The highest BCUT2D eigenvalue weighted by atomic mass is 16.1. The van der Waals surface area contributed by atoms with E-state index in [4.69, 9.17) is 5.73 Å². The fraction of sp³-hybridized carbons (Fsp3) is 0.308. The Morgan fingerprint density at radius 1 is 1.45 bits per heavy atom. The van der Waals surface area contributed by atoms with Crippen LogP contribution in [0.5, 0.6) is 0 Å². The first-order valence-electron chi connectivity index (χ1n) is 6.30. The molecule has 0 fully saturated rings. The van der Waals surface area contributed by atoms with Gasteiger partial charge in [0.05, 0.1) is 11.4 Å². The maximum absolute atomic E-state index is 11.6. The van der Waals surface area contributed by atoms with E-state index in [0.29, 0.717) is 17.8 Å². The number of carbonyl (C=O) groups excluding carboxylic acids is 1. The zero-order valence-corrected chi connectivity index (χ0v) is 11.6. The van der Waals surface area contributed by atoms with Crippen LogP contribution in [0.2, 0.25) is 0 Å². The van der Waals surface area contributed by atoms with Gasteiger partial charge in [0.15, 0.2) is 0 Å². The highest BCUT2D eigenvalue weighted by Gasteiger charge is 2.07. The van der Waals surface area contributed by atoms with Gasteiger partial charge in [-0.1, -0.05) is 0 Å². The highest BCUT2D eigenvalue weighted by Crippen LogP contribution is 2.20. The molecule has 106 valence electrons. The number of carbonyl (C=O) groups is 1. The number of hydrogen-bond acceptors (Lipinski definition) is 5. The Morgan fingerprint density at radius 3 is 2.90 bits per heavy atom. The third-order valence-electron chi connectivity index (χ3n) is 3.01. The molecule has 0 spiro atoms. The summed E-state index contributed by atoms with van der Waals surface area (Å²) < 4.78 is 1.87. The molecule has 4 N–H and O–H groups in total. The minimum Gasteiger partial charge on any atom is -0.397 e. The molecule has 0 bridgehead atoms. The van der Waals surface area contributed by atoms with Gasteiger partial charge in [0, 0.05) is 32.6 Å². The minimum absolute atomic E-state index is 0.138. The molecule has 0 saturated carbocycles. The number of aromatic nitrogens is 3. The van der Waals surface area contributed by atoms with E-state index in [1.54, 1.807) is 31.6 Å². The van der Waals surface area contributed by atoms with Crippen molar-refractivity contribution in [1.82, 2.24) is 20.1 Å². The van der Waals surface area contributed by atoms with Gasteiger partial charge >= 0.3 is 0 Å². The molecule has 0 radical (unpaired) electrons. The van der Waals surface area contributed by atoms with Crippen LogP contribution in [0.25, 0.3) is 0 Å². The number of benzene rings is 1. The number of aryl methyl sites for hydroxylation is 1. The van der Waals surface area contributed by atoms with Crippen LogP contribution >= 0.6 is 0 Å². The molecule has 0 aliphatic carbocycles. The number of nitrogens with one attached hydrogen (secondary N) is 2. The number of nitrogens with two attached hydrogens (primary N) is 1. The number of nitrogens with zero attached hydrogens (tertiary/aromatic N) is 3. The Morgan fingerprint density at radius 2 is 2.25 bits per heavy atom. The standard InChI is InChI=1S/C13H18N6O/c1-15-13(20)9-3-4-10(14)11(7-9)16-6-5-12-18-17-8-19(12)2/h3-4,7-8,16H,5-6,14H2,1-2H3,(H,15,20). The summed E-state index contributed by atoms with van der Waals surface area (Å²) in [5.41, 5.74) is 7.82. The van der Waals surface area contributed by atoms with E-state index in [1.165, 1.54) is 0 Å². The zero-order chi connectivity index (χ0) is 14.5. The third kappa shape index (κ3) is 3.05. The van der Waals surface area contributed by atoms with Crippen molar-refractivity contribution in [3.8, 4) is 0 Å². The molecule has 0 aliphatic rings. The molecule has 0 aliphatic heterocycles. The van der Waals surface area contributed by atoms with Gasteiger partial charge in [-0.3, -0.25) is 4.79 Å². The predicted octanol–water partition coefficient (Wildman–Crippen LogP) is 0.411. The fourth-order valence-electron chi connectivity index (χ4n) is 1.84. The highest BCUT2D eigenvalue weighted by molar-refractivity contribution is 5.96. The molecular formula is C13H18N6O. The molecule has 1 amide bonds. The van der Waals surface area contributed by atoms with Gasteiger partial charge < -0.3 is 20.9 Å². The number of amides is 1. The van der Waals surface area contributed by atoms with Crippen molar-refractivity contribution in [2.75, 3.05) is 24.6 Å². The van der Waals surface area contributed by atoms with E-state index < -0.39 is 0 Å². The fourth-order valence-corrected chi connectivity index (χ4v) is 1.84. The first kappa shape index (κ1) is 13.9. The minimum atomic E-state index is -0.138. The van der Waals surface area contributed by atoms with Gasteiger partial charge in [0.2, 0.25) is 0 Å². The molecular weight excluding hydrogens is 256 g/mol. The van der Waals surface area contributed by atoms with E-state index in [2.05, 4.69) is 20.8 Å². The van der Waals surface area contributed by atoms with Gasteiger partial charge in [0.25, 0.3) is 5.91 Å². The summed E-state index contributed by atoms with van der Waals surface area (Å²) in [6.07, 6.45) is 2.38. The average Bonchev–Trinajstić information content (AvgIpc) is 2.85. The van der Waals surface area contributed by atoms with Crippen LogP contribution in [-0.4, -0.2) is 34.3 Å². The van der Waals surface area contributed by atoms with Crippen molar-refractivity contribution in [3.63, 3.8) is 0 Å². The average molecular weight is 274 g/mol. The van der Waals surface area contributed by atoms with E-state index in [1.807, 2.05) is 11.6 Å². The van der Waals surface area contributed by atoms with Gasteiger partial charge in [-0.15, -0.1) is 10.2 Å². The van der Waals surface area contributed by atoms with Crippen LogP contribution in [0, 0.1) is 0 Å². The summed E-state index contributed by atoms with van der Waals surface area (Å²) in [6.45, 7) is 0.661. The molecule has 0 saturated heterocycles. The van der Waals surface area contributed by atoms with Crippen LogP contribution in [0.15, 0.2) is 24.5 Å². The molecule has 2 aromatic rings. The molecule has 20 heavy (non-hydrogen) atoms. The molecule has 7 nitrogen and oxygen atoms in total. The quantitative estimate of drug-likeness (QED) is 0.686. The molecule has 0 atom stereocenters. The molecule has 1 aromatic carbocycles. The summed E-state index contributed by atoms with van der Waals surface area (Å²) in [5, 5.41) is 13.6. The maximum atomic E-state index is 11.6. The Balaban J connectivity index is 2.02. The van der Waals surface area contributed by atoms with Gasteiger partial charge in [-0.2, -0.15) is 0 Å². The van der Waals surface area contributed by atoms with Gasteiger partial charge in [-0.25, -0.2) is 0 Å². The van der Waals surface area contributed by atoms with Crippen molar-refractivity contribution in [2.45, 2.75) is 6.42 Å². The Hall–Kier alpha value is -2.57. The van der Waals surface area contributed by atoms with Crippen LogP contribution in [0.3, 0.4) is 0 Å². The maximum Gasteiger partial charge on any atom is 0.251 e.